The first-order valence-electron chi connectivity index (χ1n) is 35.9. The van der Waals surface area contributed by atoms with Crippen molar-refractivity contribution in [3.05, 3.63) is 370 Å². The standard InChI is InChI=1S/C96H50F12N2S/c97-93(98,99)57-39-43-59(81(49-57)95(103,104)105)55-19-13-17-51(45-55)53-37-41-65-71(47-53)72-48-54(52-18-14-20-56(46-52)60-44-40-58(94(100,101)102)50-82(60)96(106,107)108)38-42-66(72)86-85(65)109-87-88(110-86)90(70-28-16-36-80-84(70)68-26-6-12-34-78(68)92(80)75-31-9-3-23-63(75)64-24-4-10-32-76(64)92)111-89(87)69-27-15-35-79-83(69)67-25-5-11-33-77(67)91(79)73-29-7-1-21-61(73)62-22-2-8-30-74(62)91/h1-50H. The zero-order valence-electron chi connectivity index (χ0n) is 57.7. The van der Waals surface area contributed by atoms with Crippen LogP contribution in [0.4, 0.5) is 52.7 Å². The first kappa shape index (κ1) is 66.5. The van der Waals surface area contributed by atoms with Crippen LogP contribution in [0.25, 0.3) is 154 Å². The molecule has 15 aromatic carbocycles. The zero-order chi connectivity index (χ0) is 75.6. The van der Waals surface area contributed by atoms with E-state index < -0.39 is 68.9 Å². The lowest BCUT2D eigenvalue weighted by molar-refractivity contribution is -0.144. The number of aromatic nitrogens is 2. The van der Waals surface area contributed by atoms with Crippen molar-refractivity contribution in [3.8, 4) is 110 Å². The molecule has 2 spiro atoms. The third-order valence-electron chi connectivity index (χ3n) is 23.2. The van der Waals surface area contributed by atoms with Crippen LogP contribution in [0.5, 0.6) is 0 Å². The van der Waals surface area contributed by atoms with Crippen LogP contribution in [0.15, 0.2) is 303 Å². The largest absolute Gasteiger partial charge is 0.417 e. The van der Waals surface area contributed by atoms with Gasteiger partial charge < -0.3 is 0 Å². The van der Waals surface area contributed by atoms with Crippen LogP contribution >= 0.6 is 11.3 Å². The molecule has 0 saturated heterocycles. The third-order valence-corrected chi connectivity index (χ3v) is 24.5. The van der Waals surface area contributed by atoms with Crippen molar-refractivity contribution in [1.82, 2.24) is 9.97 Å². The normalized spacial score (nSPS) is 14.1. The second-order valence-corrected chi connectivity index (χ2v) is 29.8. The van der Waals surface area contributed by atoms with Crippen LogP contribution in [0.3, 0.4) is 0 Å². The van der Waals surface area contributed by atoms with E-state index in [1.165, 1.54) is 58.7 Å². The van der Waals surface area contributed by atoms with Crippen LogP contribution in [0.2, 0.25) is 0 Å². The molecule has 0 amide bonds. The Morgan fingerprint density at radius 1 is 0.216 bits per heavy atom. The highest BCUT2D eigenvalue weighted by Crippen LogP contribution is 2.68. The highest BCUT2D eigenvalue weighted by Gasteiger charge is 2.55. The van der Waals surface area contributed by atoms with Gasteiger partial charge in [-0.3, -0.25) is 0 Å². The lowest BCUT2D eigenvalue weighted by Gasteiger charge is -2.30. The third kappa shape index (κ3) is 9.48. The average molecular weight is 1490 g/mol. The molecule has 15 heteroatoms. The summed E-state index contributed by atoms with van der Waals surface area (Å²) in [7, 11) is 0. The first-order chi connectivity index (χ1) is 53.6. The van der Waals surface area contributed by atoms with Crippen LogP contribution in [-0.4, -0.2) is 9.97 Å². The summed E-state index contributed by atoms with van der Waals surface area (Å²) in [4.78, 5) is 13.6. The smallest absolute Gasteiger partial charge is 0.242 e. The molecule has 0 bridgehead atoms. The van der Waals surface area contributed by atoms with Gasteiger partial charge in [-0.1, -0.05) is 255 Å². The Balaban J connectivity index is 0.849. The van der Waals surface area contributed by atoms with Gasteiger partial charge in [-0.2, -0.15) is 52.7 Å². The van der Waals surface area contributed by atoms with Gasteiger partial charge in [0.2, 0.25) is 0 Å². The van der Waals surface area contributed by atoms with E-state index in [4.69, 9.17) is 9.97 Å². The molecular formula is C96H50F12N2S. The van der Waals surface area contributed by atoms with Gasteiger partial charge in [-0.15, -0.1) is 11.3 Å². The monoisotopic (exact) mass is 1490 g/mol. The van der Waals surface area contributed by atoms with Gasteiger partial charge in [-0.25, -0.2) is 9.97 Å². The molecule has 0 aliphatic heterocycles. The van der Waals surface area contributed by atoms with E-state index in [1.807, 2.05) is 36.4 Å². The van der Waals surface area contributed by atoms with E-state index in [9.17, 15) is 52.7 Å². The summed E-state index contributed by atoms with van der Waals surface area (Å²) in [6.45, 7) is 0. The molecule has 111 heavy (non-hydrogen) atoms. The second-order valence-electron chi connectivity index (χ2n) is 28.8. The molecule has 2 heterocycles. The van der Waals surface area contributed by atoms with Crippen molar-refractivity contribution in [1.29, 1.82) is 0 Å². The number of hydrogen-bond acceptors (Lipinski definition) is 3. The first-order valence-corrected chi connectivity index (χ1v) is 36.7. The molecule has 0 atom stereocenters. The van der Waals surface area contributed by atoms with Crippen LogP contribution in [0.1, 0.15) is 66.8 Å². The summed E-state index contributed by atoms with van der Waals surface area (Å²) in [6.07, 6.45) is -20.5. The van der Waals surface area contributed by atoms with Crippen molar-refractivity contribution in [3.63, 3.8) is 0 Å². The number of fused-ring (bicyclic) bond motifs is 27. The Morgan fingerprint density at radius 2 is 0.514 bits per heavy atom. The van der Waals surface area contributed by atoms with Crippen molar-refractivity contribution in [2.75, 3.05) is 0 Å². The van der Waals surface area contributed by atoms with E-state index in [0.717, 1.165) is 99.8 Å². The summed E-state index contributed by atoms with van der Waals surface area (Å²) in [5.74, 6) is 0. The summed E-state index contributed by atoms with van der Waals surface area (Å²) < 4.78 is 174. The quantitative estimate of drug-likeness (QED) is 0.122. The minimum atomic E-state index is -5.17. The zero-order valence-corrected chi connectivity index (χ0v) is 58.5. The lowest BCUT2D eigenvalue weighted by atomic mass is 9.70. The number of halogens is 12. The van der Waals surface area contributed by atoms with Crippen LogP contribution in [-0.2, 0) is 35.5 Å². The fourth-order valence-corrected chi connectivity index (χ4v) is 20.1. The Labute approximate surface area is 629 Å². The van der Waals surface area contributed by atoms with Gasteiger partial charge in [0.1, 0.15) is 11.0 Å². The average Bonchev–Trinajstić information content (AvgIpc) is 1.51. The maximum atomic E-state index is 14.9. The molecule has 4 aliphatic carbocycles. The minimum Gasteiger partial charge on any atom is -0.242 e. The molecule has 4 aliphatic rings. The highest BCUT2D eigenvalue weighted by molar-refractivity contribution is 7.21. The SMILES string of the molecule is FC(F)(F)c1ccc(-c2cccc(-c3ccc4c(c3)c3cc(-c5cccc(-c6ccc(C(F)(F)F)cc6C(F)(F)F)c5)ccc3c3nc5c(-c6cccc7c6-c6ccccc6C76c7ccccc7-c7ccccc76)sc(-c6cccc7c6-c6ccccc6C76c7ccccc7-c7ccccc76)c5nc43)c2)c(C(F)(F)F)c1. The van der Waals surface area contributed by atoms with E-state index >= 15 is 0 Å². The van der Waals surface area contributed by atoms with E-state index in [-0.39, 0.29) is 23.3 Å². The van der Waals surface area contributed by atoms with Gasteiger partial charge in [0.25, 0.3) is 0 Å². The van der Waals surface area contributed by atoms with Crippen molar-refractivity contribution in [2.24, 2.45) is 0 Å². The summed E-state index contributed by atoms with van der Waals surface area (Å²) >= 11 is 1.62. The molecule has 0 saturated carbocycles. The number of rotatable bonds is 6. The summed E-state index contributed by atoms with van der Waals surface area (Å²) in [6, 6.07) is 91.3. The van der Waals surface area contributed by atoms with Gasteiger partial charge in [0, 0.05) is 21.9 Å². The number of hydrogen-bond donors (Lipinski definition) is 0. The molecule has 0 fully saturated rings. The fraction of sp³-hybridized carbons (Fsp3) is 0.0625. The van der Waals surface area contributed by atoms with Crippen molar-refractivity contribution < 1.29 is 52.7 Å². The van der Waals surface area contributed by atoms with Gasteiger partial charge in [-0.05, 0) is 193 Å². The van der Waals surface area contributed by atoms with Gasteiger partial charge >= 0.3 is 24.7 Å². The molecule has 21 rings (SSSR count). The predicted molar refractivity (Wildman–Crippen MR) is 415 cm³/mol. The van der Waals surface area contributed by atoms with Gasteiger partial charge in [0.15, 0.2) is 0 Å². The Morgan fingerprint density at radius 3 is 0.865 bits per heavy atom. The Bertz CT molecular complexity index is 6430. The van der Waals surface area contributed by atoms with Crippen molar-refractivity contribution >= 4 is 54.9 Å². The predicted octanol–water partition coefficient (Wildman–Crippen LogP) is 27.9. The lowest BCUT2D eigenvalue weighted by Crippen LogP contribution is -2.25. The highest BCUT2D eigenvalue weighted by atomic mass is 32.1. The fourth-order valence-electron chi connectivity index (χ4n) is 18.8. The van der Waals surface area contributed by atoms with E-state index in [0.29, 0.717) is 78.0 Å². The van der Waals surface area contributed by atoms with E-state index in [2.05, 4.69) is 182 Å². The molecule has 17 aromatic rings. The van der Waals surface area contributed by atoms with E-state index in [1.54, 1.807) is 23.5 Å². The Kier molecular flexibility index (Phi) is 14.0. The molecule has 2 aromatic heterocycles. The maximum absolute atomic E-state index is 14.9. The molecular weight excluding hydrogens is 1440 g/mol. The summed E-state index contributed by atoms with van der Waals surface area (Å²) in [5, 5.41) is 2.34. The molecule has 0 N–H and O–H groups in total. The number of benzene rings is 15. The molecule has 0 unspecified atom stereocenters. The topological polar surface area (TPSA) is 25.8 Å². The molecule has 534 valence electrons. The van der Waals surface area contributed by atoms with Crippen LogP contribution < -0.4 is 0 Å². The Hall–Kier alpha value is -12.7. The number of thiophene rings is 1. The second kappa shape index (κ2) is 23.4. The maximum Gasteiger partial charge on any atom is 0.417 e. The number of nitrogens with zero attached hydrogens (tertiary/aromatic N) is 2. The van der Waals surface area contributed by atoms with Gasteiger partial charge in [0.05, 0.1) is 53.9 Å². The summed E-state index contributed by atoms with van der Waals surface area (Å²) in [5.41, 5.74) is 15.6. The number of alkyl halides is 12. The molecule has 0 radical (unpaired) electrons. The van der Waals surface area contributed by atoms with Crippen LogP contribution in [0, 0.1) is 0 Å². The minimum absolute atomic E-state index is 0.00200. The van der Waals surface area contributed by atoms with Crippen molar-refractivity contribution in [2.45, 2.75) is 35.5 Å². The molecule has 2 nitrogen and oxygen atoms in total.